The molecule has 1 atom stereocenters. The van der Waals surface area contributed by atoms with Gasteiger partial charge in [-0.05, 0) is 55.8 Å². The number of benzene rings is 1. The molecule has 1 fully saturated rings. The van der Waals surface area contributed by atoms with Crippen LogP contribution in [0.25, 0.3) is 0 Å². The minimum Gasteiger partial charge on any atom is -0.507 e. The Labute approximate surface area is 181 Å². The van der Waals surface area contributed by atoms with Crippen LogP contribution in [-0.4, -0.2) is 45.7 Å². The van der Waals surface area contributed by atoms with Crippen LogP contribution in [0.2, 0.25) is 0 Å². The van der Waals surface area contributed by atoms with E-state index in [-0.39, 0.29) is 17.1 Å². The van der Waals surface area contributed by atoms with Crippen molar-refractivity contribution in [3.63, 3.8) is 0 Å². The molecule has 0 spiro atoms. The fourth-order valence-electron chi connectivity index (χ4n) is 4.41. The highest BCUT2D eigenvalue weighted by molar-refractivity contribution is 5.47. The number of anilines is 1. The number of aromatic hydroxyl groups is 1. The quantitative estimate of drug-likeness (QED) is 0.684. The molecule has 0 saturated carbocycles. The molecule has 31 heavy (non-hydrogen) atoms. The first-order valence-electron chi connectivity index (χ1n) is 10.6. The Morgan fingerprint density at radius 3 is 2.45 bits per heavy atom. The van der Waals surface area contributed by atoms with Crippen molar-refractivity contribution in [2.75, 3.05) is 31.1 Å². The molecule has 0 bridgehead atoms. The highest BCUT2D eigenvalue weighted by atomic mass is 19.1. The topological polar surface area (TPSA) is 61.6 Å². The van der Waals surface area contributed by atoms with Crippen molar-refractivity contribution in [1.29, 1.82) is 0 Å². The van der Waals surface area contributed by atoms with Gasteiger partial charge in [-0.1, -0.05) is 6.07 Å². The van der Waals surface area contributed by atoms with E-state index in [2.05, 4.69) is 14.8 Å². The fourth-order valence-corrected chi connectivity index (χ4v) is 4.41. The lowest BCUT2D eigenvalue weighted by atomic mass is 9.97. The van der Waals surface area contributed by atoms with E-state index in [4.69, 9.17) is 0 Å². The largest absolute Gasteiger partial charge is 0.507 e. The number of nitrogens with zero attached hydrogens (tertiary/aromatic N) is 4. The van der Waals surface area contributed by atoms with Gasteiger partial charge in [0.25, 0.3) is 5.56 Å². The highest BCUT2D eigenvalue weighted by Crippen LogP contribution is 2.33. The van der Waals surface area contributed by atoms with E-state index in [1.54, 1.807) is 35.2 Å². The predicted octanol–water partition coefficient (Wildman–Crippen LogP) is 3.33. The van der Waals surface area contributed by atoms with Gasteiger partial charge in [0, 0.05) is 56.5 Å². The van der Waals surface area contributed by atoms with Crippen LogP contribution in [0.3, 0.4) is 0 Å². The fraction of sp³-hybridized carbons (Fsp3) is 0.333. The molecule has 4 rings (SSSR count). The average Bonchev–Trinajstić information content (AvgIpc) is 2.78. The Hall–Kier alpha value is -3.19. The molecular formula is C24H27FN4O2. The summed E-state index contributed by atoms with van der Waals surface area (Å²) in [5, 5.41) is 10.8. The van der Waals surface area contributed by atoms with Crippen molar-refractivity contribution >= 4 is 5.69 Å². The smallest absolute Gasteiger partial charge is 0.259 e. The third-order valence-electron chi connectivity index (χ3n) is 5.98. The van der Waals surface area contributed by atoms with Crippen LogP contribution in [0.5, 0.6) is 5.75 Å². The van der Waals surface area contributed by atoms with Crippen LogP contribution < -0.4 is 10.5 Å². The molecule has 1 aliphatic rings. The number of piperazine rings is 1. The van der Waals surface area contributed by atoms with Crippen molar-refractivity contribution in [2.24, 2.45) is 0 Å². The molecule has 2 aromatic heterocycles. The predicted molar refractivity (Wildman–Crippen MR) is 119 cm³/mol. The molecule has 3 aromatic rings. The van der Waals surface area contributed by atoms with Gasteiger partial charge >= 0.3 is 0 Å². The van der Waals surface area contributed by atoms with E-state index in [0.717, 1.165) is 30.0 Å². The van der Waals surface area contributed by atoms with Gasteiger partial charge in [0.05, 0.1) is 11.6 Å². The molecule has 0 unspecified atom stereocenters. The van der Waals surface area contributed by atoms with Crippen LogP contribution in [0.4, 0.5) is 10.1 Å². The van der Waals surface area contributed by atoms with E-state index in [9.17, 15) is 14.3 Å². The summed E-state index contributed by atoms with van der Waals surface area (Å²) in [5.41, 5.74) is 2.80. The second-order valence-electron chi connectivity index (χ2n) is 7.82. The van der Waals surface area contributed by atoms with Gasteiger partial charge in [0.2, 0.25) is 0 Å². The van der Waals surface area contributed by atoms with E-state index in [1.807, 2.05) is 26.0 Å². The summed E-state index contributed by atoms with van der Waals surface area (Å²) in [7, 11) is 0. The van der Waals surface area contributed by atoms with Crippen molar-refractivity contribution in [3.8, 4) is 5.75 Å². The maximum atomic E-state index is 13.3. The van der Waals surface area contributed by atoms with Gasteiger partial charge in [-0.15, -0.1) is 0 Å². The number of rotatable bonds is 5. The molecule has 1 N–H and O–H groups in total. The normalized spacial score (nSPS) is 15.8. The summed E-state index contributed by atoms with van der Waals surface area (Å²) in [4.78, 5) is 22.0. The molecule has 0 amide bonds. The lowest BCUT2D eigenvalue weighted by Gasteiger charge is -2.40. The second-order valence-corrected chi connectivity index (χ2v) is 7.82. The zero-order chi connectivity index (χ0) is 22.0. The Kier molecular flexibility index (Phi) is 6.04. The van der Waals surface area contributed by atoms with E-state index >= 15 is 0 Å². The molecule has 0 radical (unpaired) electrons. The molecule has 1 saturated heterocycles. The SMILES string of the molecule is CCn1c(C)cc(O)c([C@H](c2cccnc2)N2CCN(c3ccc(F)cc3)CC2)c1=O. The molecule has 7 heteroatoms. The Bertz CT molecular complexity index is 1090. The highest BCUT2D eigenvalue weighted by Gasteiger charge is 2.31. The van der Waals surface area contributed by atoms with Gasteiger partial charge in [0.15, 0.2) is 0 Å². The average molecular weight is 423 g/mol. The first-order chi connectivity index (χ1) is 15.0. The van der Waals surface area contributed by atoms with Gasteiger partial charge in [0.1, 0.15) is 11.6 Å². The number of pyridine rings is 2. The minimum absolute atomic E-state index is 0.0158. The van der Waals surface area contributed by atoms with Crippen LogP contribution in [0.1, 0.15) is 29.8 Å². The molecule has 1 aliphatic heterocycles. The first kappa shape index (κ1) is 21.1. The molecule has 6 nitrogen and oxygen atoms in total. The standard InChI is InChI=1S/C24H27FN4O2/c1-3-29-17(2)15-21(30)22(24(29)31)23(18-5-4-10-26-16-18)28-13-11-27(12-14-28)20-8-6-19(25)7-9-20/h4-10,15-16,23,30H,3,11-14H2,1-2H3/t23-/m0/s1. The Balaban J connectivity index is 1.69. The van der Waals surface area contributed by atoms with Crippen molar-refractivity contribution in [3.05, 3.63) is 87.9 Å². The summed E-state index contributed by atoms with van der Waals surface area (Å²) in [5.74, 6) is -0.233. The summed E-state index contributed by atoms with van der Waals surface area (Å²) >= 11 is 0. The molecule has 3 heterocycles. The van der Waals surface area contributed by atoms with Crippen molar-refractivity contribution < 1.29 is 9.50 Å². The molecule has 0 aliphatic carbocycles. The van der Waals surface area contributed by atoms with Crippen LogP contribution in [0, 0.1) is 12.7 Å². The minimum atomic E-state index is -0.394. The van der Waals surface area contributed by atoms with Crippen LogP contribution in [-0.2, 0) is 6.54 Å². The zero-order valence-corrected chi connectivity index (χ0v) is 17.8. The Morgan fingerprint density at radius 1 is 1.13 bits per heavy atom. The maximum Gasteiger partial charge on any atom is 0.259 e. The first-order valence-corrected chi connectivity index (χ1v) is 10.6. The van der Waals surface area contributed by atoms with Crippen LogP contribution >= 0.6 is 0 Å². The van der Waals surface area contributed by atoms with Crippen molar-refractivity contribution in [1.82, 2.24) is 14.5 Å². The van der Waals surface area contributed by atoms with Gasteiger partial charge in [-0.25, -0.2) is 4.39 Å². The monoisotopic (exact) mass is 422 g/mol. The zero-order valence-electron chi connectivity index (χ0n) is 17.8. The van der Waals surface area contributed by atoms with Gasteiger partial charge in [-0.2, -0.15) is 0 Å². The summed E-state index contributed by atoms with van der Waals surface area (Å²) in [6.07, 6.45) is 3.46. The maximum absolute atomic E-state index is 13.3. The van der Waals surface area contributed by atoms with E-state index in [1.165, 1.54) is 12.1 Å². The summed E-state index contributed by atoms with van der Waals surface area (Å²) in [6.45, 7) is 7.14. The third-order valence-corrected chi connectivity index (χ3v) is 5.98. The van der Waals surface area contributed by atoms with E-state index in [0.29, 0.717) is 25.2 Å². The number of hydrogen-bond acceptors (Lipinski definition) is 5. The molecule has 1 aromatic carbocycles. The number of halogens is 1. The summed E-state index contributed by atoms with van der Waals surface area (Å²) < 4.78 is 15.0. The van der Waals surface area contributed by atoms with Gasteiger partial charge < -0.3 is 14.6 Å². The molecular weight excluding hydrogens is 395 g/mol. The number of aromatic nitrogens is 2. The molecule has 162 valence electrons. The number of hydrogen-bond donors (Lipinski definition) is 1. The lowest BCUT2D eigenvalue weighted by Crippen LogP contribution is -2.49. The second kappa shape index (κ2) is 8.89. The lowest BCUT2D eigenvalue weighted by molar-refractivity contribution is 0.207. The third kappa shape index (κ3) is 4.18. The van der Waals surface area contributed by atoms with Crippen molar-refractivity contribution in [2.45, 2.75) is 26.4 Å². The van der Waals surface area contributed by atoms with Gasteiger partial charge in [-0.3, -0.25) is 14.7 Å². The number of aryl methyl sites for hydroxylation is 1. The summed E-state index contributed by atoms with van der Waals surface area (Å²) in [6, 6.07) is 11.6. The van der Waals surface area contributed by atoms with E-state index < -0.39 is 6.04 Å². The Morgan fingerprint density at radius 2 is 1.84 bits per heavy atom. The van der Waals surface area contributed by atoms with Crippen LogP contribution in [0.15, 0.2) is 59.7 Å².